The largest absolute Gasteiger partial charge is 0.337 e. The molecule has 4 aromatic rings. The van der Waals surface area contributed by atoms with Crippen molar-refractivity contribution in [2.24, 2.45) is 0 Å². The van der Waals surface area contributed by atoms with Gasteiger partial charge in [0, 0.05) is 43.9 Å². The topological polar surface area (TPSA) is 88.4 Å². The number of aromatic nitrogens is 3. The van der Waals surface area contributed by atoms with Gasteiger partial charge in [-0.3, -0.25) is 24.2 Å². The van der Waals surface area contributed by atoms with Crippen LogP contribution in [-0.4, -0.2) is 38.8 Å². The van der Waals surface area contributed by atoms with Crippen LogP contribution < -0.4 is 9.80 Å². The third kappa shape index (κ3) is 4.46. The SMILES string of the molecule is Cc1ccc(C)c2sc(N(CCCn3ccnc3)C(=O)c3cccc(N4C(=O)CCC4=O)c3)nc12. The molecule has 0 bridgehead atoms. The predicted octanol–water partition coefficient (Wildman–Crippen LogP) is 4.50. The maximum atomic E-state index is 13.8. The van der Waals surface area contributed by atoms with Crippen molar-refractivity contribution in [3.05, 3.63) is 71.8 Å². The third-order valence-corrected chi connectivity index (χ3v) is 7.38. The lowest BCUT2D eigenvalue weighted by Crippen LogP contribution is -2.33. The second-order valence-electron chi connectivity index (χ2n) is 8.66. The molecule has 5 rings (SSSR count). The first-order chi connectivity index (χ1) is 16.9. The van der Waals surface area contributed by atoms with Crippen LogP contribution in [0.25, 0.3) is 10.2 Å². The van der Waals surface area contributed by atoms with E-state index in [1.54, 1.807) is 41.7 Å². The molecule has 0 radical (unpaired) electrons. The van der Waals surface area contributed by atoms with Crippen molar-refractivity contribution < 1.29 is 14.4 Å². The van der Waals surface area contributed by atoms with Crippen LogP contribution in [0.4, 0.5) is 10.8 Å². The summed E-state index contributed by atoms with van der Waals surface area (Å²) in [6.45, 7) is 5.23. The Hall–Kier alpha value is -3.85. The van der Waals surface area contributed by atoms with Gasteiger partial charge < -0.3 is 4.57 Å². The summed E-state index contributed by atoms with van der Waals surface area (Å²) in [6.07, 6.45) is 6.48. The number of rotatable bonds is 7. The summed E-state index contributed by atoms with van der Waals surface area (Å²) < 4.78 is 3.04. The molecule has 35 heavy (non-hydrogen) atoms. The van der Waals surface area contributed by atoms with Crippen LogP contribution in [-0.2, 0) is 16.1 Å². The highest BCUT2D eigenvalue weighted by Gasteiger charge is 2.31. The molecule has 0 spiro atoms. The average Bonchev–Trinajstić information content (AvgIpc) is 3.60. The average molecular weight is 488 g/mol. The van der Waals surface area contributed by atoms with Gasteiger partial charge in [-0.25, -0.2) is 9.97 Å². The van der Waals surface area contributed by atoms with Crippen LogP contribution in [0.2, 0.25) is 0 Å². The van der Waals surface area contributed by atoms with Crippen molar-refractivity contribution >= 4 is 50.1 Å². The Morgan fingerprint density at radius 2 is 1.86 bits per heavy atom. The molecule has 3 amide bonds. The van der Waals surface area contributed by atoms with Crippen molar-refractivity contribution in [3.8, 4) is 0 Å². The molecule has 178 valence electrons. The van der Waals surface area contributed by atoms with Gasteiger partial charge >= 0.3 is 0 Å². The Morgan fingerprint density at radius 3 is 2.57 bits per heavy atom. The summed E-state index contributed by atoms with van der Waals surface area (Å²) >= 11 is 1.50. The number of thiazole rings is 1. The summed E-state index contributed by atoms with van der Waals surface area (Å²) in [7, 11) is 0. The molecule has 1 fully saturated rings. The Bertz CT molecular complexity index is 1370. The van der Waals surface area contributed by atoms with Gasteiger partial charge in [0.05, 0.1) is 22.2 Å². The van der Waals surface area contributed by atoms with E-state index < -0.39 is 0 Å². The van der Waals surface area contributed by atoms with E-state index in [0.29, 0.717) is 35.9 Å². The van der Waals surface area contributed by atoms with Crippen LogP contribution in [0.15, 0.2) is 55.1 Å². The number of hydrogen-bond acceptors (Lipinski definition) is 6. The van der Waals surface area contributed by atoms with E-state index >= 15 is 0 Å². The van der Waals surface area contributed by atoms with Gasteiger partial charge in [0.25, 0.3) is 5.91 Å². The molecule has 2 aromatic carbocycles. The van der Waals surface area contributed by atoms with Gasteiger partial charge in [0.15, 0.2) is 5.13 Å². The lowest BCUT2D eigenvalue weighted by atomic mass is 10.1. The zero-order chi connectivity index (χ0) is 24.5. The van der Waals surface area contributed by atoms with Gasteiger partial charge in [-0.15, -0.1) is 0 Å². The van der Waals surface area contributed by atoms with Crippen LogP contribution in [0, 0.1) is 13.8 Å². The van der Waals surface area contributed by atoms with E-state index in [1.807, 2.05) is 30.7 Å². The minimum absolute atomic E-state index is 0.196. The van der Waals surface area contributed by atoms with Crippen LogP contribution >= 0.6 is 11.3 Å². The molecule has 0 unspecified atom stereocenters. The van der Waals surface area contributed by atoms with E-state index in [-0.39, 0.29) is 30.6 Å². The molecular formula is C26H25N5O3S. The first-order valence-electron chi connectivity index (χ1n) is 11.5. The van der Waals surface area contributed by atoms with Gasteiger partial charge in [-0.05, 0) is 49.6 Å². The first-order valence-corrected chi connectivity index (χ1v) is 12.3. The molecule has 1 aliphatic rings. The molecule has 0 N–H and O–H groups in total. The minimum Gasteiger partial charge on any atom is -0.337 e. The highest BCUT2D eigenvalue weighted by atomic mass is 32.1. The van der Waals surface area contributed by atoms with Crippen LogP contribution in [0.1, 0.15) is 40.7 Å². The Morgan fingerprint density at radius 1 is 1.09 bits per heavy atom. The number of aryl methyl sites for hydroxylation is 3. The van der Waals surface area contributed by atoms with E-state index in [1.165, 1.54) is 16.2 Å². The fourth-order valence-electron chi connectivity index (χ4n) is 4.28. The summed E-state index contributed by atoms with van der Waals surface area (Å²) in [4.78, 5) is 50.1. The molecule has 0 aliphatic carbocycles. The lowest BCUT2D eigenvalue weighted by molar-refractivity contribution is -0.121. The standard InChI is InChI=1S/C26H25N5O3S/c1-17-7-8-18(2)24-23(17)28-26(35-24)30(13-4-12-29-14-11-27-16-29)25(34)19-5-3-6-20(15-19)31-21(32)9-10-22(31)33/h3,5-8,11,14-16H,4,9-10,12-13H2,1-2H3. The molecule has 9 heteroatoms. The number of imidazole rings is 1. The first kappa shape index (κ1) is 22.9. The number of amides is 3. The van der Waals surface area contributed by atoms with E-state index in [9.17, 15) is 14.4 Å². The van der Waals surface area contributed by atoms with Gasteiger partial charge in [-0.2, -0.15) is 0 Å². The molecule has 0 atom stereocenters. The monoisotopic (exact) mass is 487 g/mol. The molecule has 0 saturated carbocycles. The fourth-order valence-corrected chi connectivity index (χ4v) is 5.41. The minimum atomic E-state index is -0.242. The van der Waals surface area contributed by atoms with Crippen molar-refractivity contribution in [1.29, 1.82) is 0 Å². The number of fused-ring (bicyclic) bond motifs is 1. The highest BCUT2D eigenvalue weighted by molar-refractivity contribution is 7.22. The predicted molar refractivity (Wildman–Crippen MR) is 136 cm³/mol. The number of imide groups is 1. The molecule has 1 saturated heterocycles. The van der Waals surface area contributed by atoms with Crippen LogP contribution in [0.5, 0.6) is 0 Å². The number of benzene rings is 2. The van der Waals surface area contributed by atoms with Crippen molar-refractivity contribution in [2.75, 3.05) is 16.3 Å². The van der Waals surface area contributed by atoms with Crippen molar-refractivity contribution in [3.63, 3.8) is 0 Å². The number of carbonyl (C=O) groups is 3. The van der Waals surface area contributed by atoms with Gasteiger partial charge in [0.1, 0.15) is 0 Å². The summed E-state index contributed by atoms with van der Waals surface area (Å²) in [5.41, 5.74) is 3.92. The van der Waals surface area contributed by atoms with E-state index in [4.69, 9.17) is 4.98 Å². The Balaban J connectivity index is 1.49. The quantitative estimate of drug-likeness (QED) is 0.358. The van der Waals surface area contributed by atoms with E-state index in [0.717, 1.165) is 21.3 Å². The molecule has 2 aromatic heterocycles. The normalized spacial score (nSPS) is 13.7. The summed E-state index contributed by atoms with van der Waals surface area (Å²) in [5.74, 6) is -0.700. The summed E-state index contributed by atoms with van der Waals surface area (Å²) in [6, 6.07) is 10.8. The second-order valence-corrected chi connectivity index (χ2v) is 9.64. The zero-order valence-electron chi connectivity index (χ0n) is 19.6. The highest BCUT2D eigenvalue weighted by Crippen LogP contribution is 2.34. The smallest absolute Gasteiger partial charge is 0.260 e. The van der Waals surface area contributed by atoms with Crippen molar-refractivity contribution in [1.82, 2.24) is 14.5 Å². The molecular weight excluding hydrogens is 462 g/mol. The van der Waals surface area contributed by atoms with Gasteiger partial charge in [0.2, 0.25) is 11.8 Å². The Kier molecular flexibility index (Phi) is 6.17. The molecule has 8 nitrogen and oxygen atoms in total. The maximum absolute atomic E-state index is 13.8. The second kappa shape index (κ2) is 9.42. The third-order valence-electron chi connectivity index (χ3n) is 6.17. The number of nitrogens with zero attached hydrogens (tertiary/aromatic N) is 5. The fraction of sp³-hybridized carbons (Fsp3) is 0.269. The molecule has 1 aliphatic heterocycles. The van der Waals surface area contributed by atoms with Crippen molar-refractivity contribution in [2.45, 2.75) is 39.7 Å². The molecule has 3 heterocycles. The van der Waals surface area contributed by atoms with Crippen LogP contribution in [0.3, 0.4) is 0 Å². The summed E-state index contributed by atoms with van der Waals surface area (Å²) in [5, 5.41) is 0.631. The number of hydrogen-bond donors (Lipinski definition) is 0. The number of carbonyl (C=O) groups excluding carboxylic acids is 3. The maximum Gasteiger partial charge on any atom is 0.260 e. The lowest BCUT2D eigenvalue weighted by Gasteiger charge is -2.21. The number of anilines is 2. The van der Waals surface area contributed by atoms with E-state index in [2.05, 4.69) is 11.1 Å². The zero-order valence-corrected chi connectivity index (χ0v) is 20.4. The Labute approximate surface area is 206 Å². The van der Waals surface area contributed by atoms with Gasteiger partial charge in [-0.1, -0.05) is 29.5 Å².